The average molecular weight is 344 g/mol. The van der Waals surface area contributed by atoms with Crippen molar-refractivity contribution in [2.24, 2.45) is 5.41 Å². The summed E-state index contributed by atoms with van der Waals surface area (Å²) in [5.41, 5.74) is 2.70. The van der Waals surface area contributed by atoms with Crippen molar-refractivity contribution >= 4 is 11.6 Å². The van der Waals surface area contributed by atoms with Crippen LogP contribution < -0.4 is 0 Å². The summed E-state index contributed by atoms with van der Waals surface area (Å²) in [6, 6.07) is 18.7. The van der Waals surface area contributed by atoms with Crippen molar-refractivity contribution in [2.75, 3.05) is 26.2 Å². The number of nitrogens with zero attached hydrogens (tertiary/aromatic N) is 1. The molecule has 3 heteroatoms. The van der Waals surface area contributed by atoms with Gasteiger partial charge in [-0.05, 0) is 67.4 Å². The highest BCUT2D eigenvalue weighted by atomic mass is 35.5. The van der Waals surface area contributed by atoms with Gasteiger partial charge in [0.05, 0.1) is 0 Å². The van der Waals surface area contributed by atoms with Crippen LogP contribution in [0.5, 0.6) is 0 Å². The summed E-state index contributed by atoms with van der Waals surface area (Å²) < 4.78 is 0. The van der Waals surface area contributed by atoms with Gasteiger partial charge in [0.25, 0.3) is 0 Å². The first-order valence-corrected chi connectivity index (χ1v) is 9.19. The first kappa shape index (κ1) is 17.5. The van der Waals surface area contributed by atoms with E-state index in [0.717, 1.165) is 50.3 Å². The minimum Gasteiger partial charge on any atom is -0.396 e. The number of piperidine rings is 1. The standard InChI is InChI=1S/C21H26ClNO/c22-20-8-6-19(7-9-20)16-21(17-24)11-14-23(15-12-21)13-10-18-4-2-1-3-5-18/h1-9,24H,10-17H2. The Kier molecular flexibility index (Phi) is 5.94. The van der Waals surface area contributed by atoms with Crippen molar-refractivity contribution in [1.82, 2.24) is 4.90 Å². The molecule has 1 heterocycles. The highest BCUT2D eigenvalue weighted by molar-refractivity contribution is 6.30. The molecule has 0 unspecified atom stereocenters. The molecule has 0 bridgehead atoms. The van der Waals surface area contributed by atoms with Crippen molar-refractivity contribution in [3.05, 3.63) is 70.7 Å². The Morgan fingerprint density at radius 3 is 2.21 bits per heavy atom. The van der Waals surface area contributed by atoms with Crippen LogP contribution in [0.2, 0.25) is 5.02 Å². The minimum atomic E-state index is 0.0249. The summed E-state index contributed by atoms with van der Waals surface area (Å²) >= 11 is 5.97. The second-order valence-electron chi connectivity index (χ2n) is 7.04. The molecule has 0 amide bonds. The molecular formula is C21H26ClNO. The van der Waals surface area contributed by atoms with Crippen molar-refractivity contribution in [3.8, 4) is 0 Å². The summed E-state index contributed by atoms with van der Waals surface area (Å²) in [4.78, 5) is 2.53. The van der Waals surface area contributed by atoms with Gasteiger partial charge in [-0.15, -0.1) is 0 Å². The van der Waals surface area contributed by atoms with Crippen molar-refractivity contribution in [1.29, 1.82) is 0 Å². The summed E-state index contributed by atoms with van der Waals surface area (Å²) in [5, 5.41) is 10.8. The lowest BCUT2D eigenvalue weighted by atomic mass is 9.74. The Bertz CT molecular complexity index is 618. The number of hydrogen-bond acceptors (Lipinski definition) is 2. The quantitative estimate of drug-likeness (QED) is 0.849. The molecule has 1 aliphatic rings. The zero-order chi connectivity index (χ0) is 16.8. The third-order valence-corrected chi connectivity index (χ3v) is 5.56. The highest BCUT2D eigenvalue weighted by Gasteiger charge is 2.34. The predicted molar refractivity (Wildman–Crippen MR) is 100 cm³/mol. The van der Waals surface area contributed by atoms with Crippen LogP contribution >= 0.6 is 11.6 Å². The SMILES string of the molecule is OCC1(Cc2ccc(Cl)cc2)CCN(CCc2ccccc2)CC1. The summed E-state index contributed by atoms with van der Waals surface area (Å²) in [6.07, 6.45) is 4.15. The normalized spacial score (nSPS) is 17.8. The van der Waals surface area contributed by atoms with Crippen LogP contribution in [0.4, 0.5) is 0 Å². The van der Waals surface area contributed by atoms with E-state index in [1.807, 2.05) is 12.1 Å². The number of benzene rings is 2. The molecule has 1 aliphatic heterocycles. The molecular weight excluding hydrogens is 318 g/mol. The smallest absolute Gasteiger partial charge is 0.0491 e. The Hall–Kier alpha value is -1.35. The maximum Gasteiger partial charge on any atom is 0.0491 e. The van der Waals surface area contributed by atoms with Gasteiger partial charge in [-0.2, -0.15) is 0 Å². The highest BCUT2D eigenvalue weighted by Crippen LogP contribution is 2.35. The number of aliphatic hydroxyl groups excluding tert-OH is 1. The number of aliphatic hydroxyl groups is 1. The molecule has 2 aromatic rings. The zero-order valence-electron chi connectivity index (χ0n) is 14.1. The van der Waals surface area contributed by atoms with Crippen LogP contribution in [-0.2, 0) is 12.8 Å². The molecule has 1 fully saturated rings. The average Bonchev–Trinajstić information content (AvgIpc) is 2.64. The van der Waals surface area contributed by atoms with E-state index in [4.69, 9.17) is 11.6 Å². The van der Waals surface area contributed by atoms with E-state index in [0.29, 0.717) is 0 Å². The number of likely N-dealkylation sites (tertiary alicyclic amines) is 1. The number of halogens is 1. The third-order valence-electron chi connectivity index (χ3n) is 5.30. The molecule has 1 N–H and O–H groups in total. The van der Waals surface area contributed by atoms with Crippen LogP contribution in [0.3, 0.4) is 0 Å². The van der Waals surface area contributed by atoms with Crippen LogP contribution in [0.1, 0.15) is 24.0 Å². The molecule has 0 saturated carbocycles. The van der Waals surface area contributed by atoms with Gasteiger partial charge in [-0.25, -0.2) is 0 Å². The van der Waals surface area contributed by atoms with Crippen molar-refractivity contribution in [3.63, 3.8) is 0 Å². The topological polar surface area (TPSA) is 23.5 Å². The van der Waals surface area contributed by atoms with Crippen LogP contribution in [0, 0.1) is 5.41 Å². The van der Waals surface area contributed by atoms with Gasteiger partial charge in [0.1, 0.15) is 0 Å². The molecule has 2 nitrogen and oxygen atoms in total. The zero-order valence-corrected chi connectivity index (χ0v) is 14.9. The van der Waals surface area contributed by atoms with Gasteiger partial charge in [0.15, 0.2) is 0 Å². The van der Waals surface area contributed by atoms with E-state index in [1.54, 1.807) is 0 Å². The Morgan fingerprint density at radius 2 is 1.58 bits per heavy atom. The molecule has 2 aromatic carbocycles. The molecule has 24 heavy (non-hydrogen) atoms. The van der Waals surface area contributed by atoms with Gasteiger partial charge in [-0.1, -0.05) is 54.1 Å². The lowest BCUT2D eigenvalue weighted by molar-refractivity contribution is 0.0446. The predicted octanol–water partition coefficient (Wildman–Crippen LogP) is 4.20. The Balaban J connectivity index is 1.52. The maximum absolute atomic E-state index is 10.0. The number of hydrogen-bond donors (Lipinski definition) is 1. The fraction of sp³-hybridized carbons (Fsp3) is 0.429. The molecule has 0 aliphatic carbocycles. The molecule has 0 aromatic heterocycles. The van der Waals surface area contributed by atoms with E-state index in [1.165, 1.54) is 11.1 Å². The third kappa shape index (κ3) is 4.60. The summed E-state index contributed by atoms with van der Waals surface area (Å²) in [6.45, 7) is 3.51. The fourth-order valence-corrected chi connectivity index (χ4v) is 3.73. The maximum atomic E-state index is 10.0. The van der Waals surface area contributed by atoms with Crippen LogP contribution in [-0.4, -0.2) is 36.2 Å². The molecule has 3 rings (SSSR count). The van der Waals surface area contributed by atoms with E-state index < -0.39 is 0 Å². The lowest BCUT2D eigenvalue weighted by Gasteiger charge is -2.41. The second kappa shape index (κ2) is 8.15. The van der Waals surface area contributed by atoms with Crippen LogP contribution in [0.15, 0.2) is 54.6 Å². The molecule has 1 saturated heterocycles. The monoisotopic (exact) mass is 343 g/mol. The van der Waals surface area contributed by atoms with E-state index >= 15 is 0 Å². The molecule has 0 atom stereocenters. The van der Waals surface area contributed by atoms with Crippen molar-refractivity contribution < 1.29 is 5.11 Å². The lowest BCUT2D eigenvalue weighted by Crippen LogP contribution is -2.43. The van der Waals surface area contributed by atoms with Gasteiger partial charge in [0, 0.05) is 18.2 Å². The first-order chi connectivity index (χ1) is 11.7. The number of rotatable bonds is 6. The molecule has 128 valence electrons. The van der Waals surface area contributed by atoms with Gasteiger partial charge < -0.3 is 10.0 Å². The Morgan fingerprint density at radius 1 is 0.917 bits per heavy atom. The van der Waals surface area contributed by atoms with Crippen molar-refractivity contribution in [2.45, 2.75) is 25.7 Å². The fourth-order valence-electron chi connectivity index (χ4n) is 3.61. The molecule has 0 radical (unpaired) electrons. The largest absolute Gasteiger partial charge is 0.396 e. The molecule has 0 spiro atoms. The summed E-state index contributed by atoms with van der Waals surface area (Å²) in [7, 11) is 0. The van der Waals surface area contributed by atoms with Gasteiger partial charge >= 0.3 is 0 Å². The van der Waals surface area contributed by atoms with Crippen LogP contribution in [0.25, 0.3) is 0 Å². The minimum absolute atomic E-state index is 0.0249. The van der Waals surface area contributed by atoms with E-state index in [-0.39, 0.29) is 12.0 Å². The second-order valence-corrected chi connectivity index (χ2v) is 7.48. The van der Waals surface area contributed by atoms with Gasteiger partial charge in [0.2, 0.25) is 0 Å². The van der Waals surface area contributed by atoms with E-state index in [2.05, 4.69) is 47.4 Å². The van der Waals surface area contributed by atoms with E-state index in [9.17, 15) is 5.11 Å². The van der Waals surface area contributed by atoms with Gasteiger partial charge in [-0.3, -0.25) is 0 Å². The Labute approximate surface area is 150 Å². The summed E-state index contributed by atoms with van der Waals surface area (Å²) in [5.74, 6) is 0. The first-order valence-electron chi connectivity index (χ1n) is 8.81.